The first-order chi connectivity index (χ1) is 10.4. The Balaban J connectivity index is 2.15. The Hall–Kier alpha value is -2.56. The van der Waals surface area contributed by atoms with Gasteiger partial charge in [-0.2, -0.15) is 0 Å². The van der Waals surface area contributed by atoms with Crippen LogP contribution in [0.4, 0.5) is 5.69 Å². The zero-order valence-corrected chi connectivity index (χ0v) is 12.8. The van der Waals surface area contributed by atoms with Gasteiger partial charge in [-0.25, -0.2) is 0 Å². The zero-order chi connectivity index (χ0) is 16.3. The van der Waals surface area contributed by atoms with Crippen molar-refractivity contribution in [1.82, 2.24) is 0 Å². The van der Waals surface area contributed by atoms with Crippen molar-refractivity contribution in [2.45, 2.75) is 32.6 Å². The average Bonchev–Trinajstić information content (AvgIpc) is 2.96. The highest BCUT2D eigenvalue weighted by Gasteiger charge is 2.29. The molecule has 0 bridgehead atoms. The van der Waals surface area contributed by atoms with Gasteiger partial charge in [-0.15, -0.1) is 0 Å². The van der Waals surface area contributed by atoms with Gasteiger partial charge in [-0.1, -0.05) is 19.1 Å². The molecule has 0 atom stereocenters. The van der Waals surface area contributed by atoms with Crippen LogP contribution in [0.3, 0.4) is 0 Å². The first-order valence-electron chi connectivity index (χ1n) is 7.08. The number of aryl methyl sites for hydroxylation is 1. The van der Waals surface area contributed by atoms with Gasteiger partial charge in [-0.05, 0) is 37.6 Å². The maximum Gasteiger partial charge on any atom is 0.313 e. The maximum absolute atomic E-state index is 12.2. The second-order valence-corrected chi connectivity index (χ2v) is 5.57. The second-order valence-electron chi connectivity index (χ2n) is 5.57. The second kappa shape index (κ2) is 6.05. The molecule has 0 radical (unpaired) electrons. The quantitative estimate of drug-likeness (QED) is 0.886. The Labute approximate surface area is 129 Å². The molecule has 2 rings (SSSR count). The third-order valence-corrected chi connectivity index (χ3v) is 3.71. The molecule has 5 nitrogen and oxygen atoms in total. The predicted molar refractivity (Wildman–Crippen MR) is 83.1 cm³/mol. The highest BCUT2D eigenvalue weighted by molar-refractivity contribution is 6.05. The Morgan fingerprint density at radius 2 is 1.82 bits per heavy atom. The van der Waals surface area contributed by atoms with Crippen molar-refractivity contribution < 1.29 is 19.1 Å². The van der Waals surface area contributed by atoms with Crippen molar-refractivity contribution in [2.24, 2.45) is 0 Å². The van der Waals surface area contributed by atoms with E-state index < -0.39 is 11.4 Å². The van der Waals surface area contributed by atoms with Crippen molar-refractivity contribution in [3.05, 3.63) is 53.5 Å². The van der Waals surface area contributed by atoms with E-state index in [2.05, 4.69) is 5.32 Å². The number of hydrogen-bond donors (Lipinski definition) is 2. The fourth-order valence-electron chi connectivity index (χ4n) is 2.11. The summed E-state index contributed by atoms with van der Waals surface area (Å²) < 4.78 is 5.24. The topological polar surface area (TPSA) is 79.5 Å². The van der Waals surface area contributed by atoms with E-state index in [1.165, 1.54) is 6.26 Å². The van der Waals surface area contributed by atoms with Crippen LogP contribution in [-0.2, 0) is 16.6 Å². The number of rotatable bonds is 5. The fourth-order valence-corrected chi connectivity index (χ4v) is 2.11. The number of hydrogen-bond acceptors (Lipinski definition) is 3. The number of carboxylic acids is 1. The largest absolute Gasteiger partial charge is 0.481 e. The molecule has 116 valence electrons. The van der Waals surface area contributed by atoms with Gasteiger partial charge in [-0.3, -0.25) is 9.59 Å². The number of carbonyl (C=O) groups is 2. The molecule has 0 spiro atoms. The monoisotopic (exact) mass is 301 g/mol. The molecule has 1 heterocycles. The molecule has 0 aliphatic carbocycles. The van der Waals surface area contributed by atoms with Crippen LogP contribution in [0.2, 0.25) is 0 Å². The summed E-state index contributed by atoms with van der Waals surface area (Å²) in [4.78, 5) is 23.4. The van der Waals surface area contributed by atoms with Crippen molar-refractivity contribution in [2.75, 3.05) is 5.32 Å². The molecule has 1 aromatic heterocycles. The molecule has 0 saturated heterocycles. The highest BCUT2D eigenvalue weighted by Crippen LogP contribution is 2.25. The number of amides is 1. The van der Waals surface area contributed by atoms with Gasteiger partial charge < -0.3 is 14.8 Å². The fraction of sp³-hybridized carbons (Fsp3) is 0.294. The van der Waals surface area contributed by atoms with Gasteiger partial charge >= 0.3 is 5.97 Å². The van der Waals surface area contributed by atoms with Crippen LogP contribution in [0, 0.1) is 0 Å². The maximum atomic E-state index is 12.2. The standard InChI is InChI=1S/C17H19NO4/c1-4-14-13(9-10-22-14)15(19)18-12-7-5-11(6-8-12)17(2,3)16(20)21/h5-10H,4H2,1-3H3,(H,18,19)(H,20,21). The average molecular weight is 301 g/mol. The van der Waals surface area contributed by atoms with E-state index in [0.29, 0.717) is 29.0 Å². The first kappa shape index (κ1) is 15.8. The summed E-state index contributed by atoms with van der Waals surface area (Å²) >= 11 is 0. The normalized spacial score (nSPS) is 11.2. The van der Waals surface area contributed by atoms with Crippen molar-refractivity contribution >= 4 is 17.6 Å². The highest BCUT2D eigenvalue weighted by atomic mass is 16.4. The third-order valence-electron chi connectivity index (χ3n) is 3.71. The summed E-state index contributed by atoms with van der Waals surface area (Å²) in [5.74, 6) is -0.493. The zero-order valence-electron chi connectivity index (χ0n) is 12.8. The van der Waals surface area contributed by atoms with Gasteiger partial charge in [0.25, 0.3) is 5.91 Å². The van der Waals surface area contributed by atoms with Crippen molar-refractivity contribution in [1.29, 1.82) is 0 Å². The lowest BCUT2D eigenvalue weighted by Gasteiger charge is -2.19. The van der Waals surface area contributed by atoms with E-state index >= 15 is 0 Å². The predicted octanol–water partition coefficient (Wildman–Crippen LogP) is 3.46. The molecule has 0 fully saturated rings. The van der Waals surface area contributed by atoms with Crippen LogP contribution in [0.5, 0.6) is 0 Å². The van der Waals surface area contributed by atoms with Gasteiger partial charge in [0.15, 0.2) is 0 Å². The molecule has 0 saturated carbocycles. The molecule has 22 heavy (non-hydrogen) atoms. The van der Waals surface area contributed by atoms with Crippen LogP contribution in [0.1, 0.15) is 42.5 Å². The lowest BCUT2D eigenvalue weighted by atomic mass is 9.85. The van der Waals surface area contributed by atoms with Crippen LogP contribution in [0.25, 0.3) is 0 Å². The van der Waals surface area contributed by atoms with Gasteiger partial charge in [0, 0.05) is 12.1 Å². The molecule has 2 N–H and O–H groups in total. The number of carbonyl (C=O) groups excluding carboxylic acids is 1. The van der Waals surface area contributed by atoms with Crippen molar-refractivity contribution in [3.8, 4) is 0 Å². The molecule has 0 aliphatic heterocycles. The number of nitrogens with one attached hydrogen (secondary N) is 1. The van der Waals surface area contributed by atoms with Crippen LogP contribution >= 0.6 is 0 Å². The lowest BCUT2D eigenvalue weighted by Crippen LogP contribution is -2.28. The Morgan fingerprint density at radius 3 is 2.36 bits per heavy atom. The van der Waals surface area contributed by atoms with Crippen LogP contribution < -0.4 is 5.32 Å². The minimum absolute atomic E-state index is 0.240. The summed E-state index contributed by atoms with van der Waals surface area (Å²) in [6, 6.07) is 8.45. The SMILES string of the molecule is CCc1occc1C(=O)Nc1ccc(C(C)(C)C(=O)O)cc1. The van der Waals surface area contributed by atoms with Crippen LogP contribution in [-0.4, -0.2) is 17.0 Å². The number of benzene rings is 1. The molecule has 5 heteroatoms. The van der Waals surface area contributed by atoms with Crippen molar-refractivity contribution in [3.63, 3.8) is 0 Å². The van der Waals surface area contributed by atoms with Gasteiger partial charge in [0.2, 0.25) is 0 Å². The summed E-state index contributed by atoms with van der Waals surface area (Å²) in [5, 5.41) is 12.0. The molecular weight excluding hydrogens is 282 g/mol. The first-order valence-corrected chi connectivity index (χ1v) is 7.08. The molecule has 0 unspecified atom stereocenters. The van der Waals surface area contributed by atoms with E-state index in [1.54, 1.807) is 44.2 Å². The van der Waals surface area contributed by atoms with E-state index in [-0.39, 0.29) is 5.91 Å². The Kier molecular flexibility index (Phi) is 4.35. The minimum atomic E-state index is -0.970. The van der Waals surface area contributed by atoms with Crippen LogP contribution in [0.15, 0.2) is 41.0 Å². The molecule has 1 aromatic carbocycles. The molecular formula is C17H19NO4. The smallest absolute Gasteiger partial charge is 0.313 e. The summed E-state index contributed by atoms with van der Waals surface area (Å²) in [6.45, 7) is 5.20. The summed E-state index contributed by atoms with van der Waals surface area (Å²) in [7, 11) is 0. The molecule has 1 amide bonds. The number of furan rings is 1. The minimum Gasteiger partial charge on any atom is -0.481 e. The Bertz CT molecular complexity index is 683. The summed E-state index contributed by atoms with van der Waals surface area (Å²) in [5.41, 5.74) is 0.828. The van der Waals surface area contributed by atoms with Gasteiger partial charge in [0.1, 0.15) is 5.76 Å². The third kappa shape index (κ3) is 3.03. The molecule has 0 aliphatic rings. The summed E-state index contributed by atoms with van der Waals surface area (Å²) in [6.07, 6.45) is 2.13. The van der Waals surface area contributed by atoms with E-state index in [9.17, 15) is 14.7 Å². The van der Waals surface area contributed by atoms with E-state index in [0.717, 1.165) is 0 Å². The molecule has 2 aromatic rings. The lowest BCUT2D eigenvalue weighted by molar-refractivity contribution is -0.142. The Morgan fingerprint density at radius 1 is 1.18 bits per heavy atom. The van der Waals surface area contributed by atoms with E-state index in [4.69, 9.17) is 4.42 Å². The van der Waals surface area contributed by atoms with Gasteiger partial charge in [0.05, 0.1) is 17.2 Å². The number of carboxylic acid groups (broad SMARTS) is 1. The number of aliphatic carboxylic acids is 1. The van der Waals surface area contributed by atoms with E-state index in [1.807, 2.05) is 6.92 Å². The number of anilines is 1.